The van der Waals surface area contributed by atoms with Gasteiger partial charge in [0.15, 0.2) is 11.4 Å². The molecule has 98 valence electrons. The summed E-state index contributed by atoms with van der Waals surface area (Å²) in [5.41, 5.74) is 1.03. The first-order valence-electron chi connectivity index (χ1n) is 6.55. The van der Waals surface area contributed by atoms with Gasteiger partial charge in [-0.2, -0.15) is 0 Å². The fraction of sp³-hybridized carbons (Fsp3) is 0.692. The van der Waals surface area contributed by atoms with Gasteiger partial charge in [0.05, 0.1) is 16.7 Å². The molecule has 2 heterocycles. The van der Waals surface area contributed by atoms with E-state index in [0.717, 1.165) is 47.9 Å². The van der Waals surface area contributed by atoms with Crippen LogP contribution in [-0.4, -0.2) is 37.6 Å². The highest BCUT2D eigenvalue weighted by Crippen LogP contribution is 2.43. The number of aromatic nitrogens is 1. The van der Waals surface area contributed by atoms with Crippen molar-refractivity contribution in [2.45, 2.75) is 37.7 Å². The molecular weight excluding hydrogens is 248 g/mol. The first-order valence-corrected chi connectivity index (χ1v) is 7.37. The van der Waals surface area contributed by atoms with Gasteiger partial charge in [0.1, 0.15) is 0 Å². The van der Waals surface area contributed by atoms with Crippen LogP contribution in [0.1, 0.15) is 47.0 Å². The number of anilines is 1. The van der Waals surface area contributed by atoms with E-state index in [1.165, 1.54) is 24.2 Å². The van der Waals surface area contributed by atoms with Crippen molar-refractivity contribution in [3.05, 3.63) is 10.6 Å². The molecule has 1 aliphatic carbocycles. The van der Waals surface area contributed by atoms with E-state index >= 15 is 0 Å². The molecule has 0 N–H and O–H groups in total. The molecule has 1 aromatic heterocycles. The molecule has 0 spiro atoms. The SMILES string of the molecule is COC1CCCN(c2nc(C3CC3)c(C=O)s2)C1. The summed E-state index contributed by atoms with van der Waals surface area (Å²) in [5, 5.41) is 1.00. The number of aldehydes is 1. The number of carbonyl (C=O) groups is 1. The van der Waals surface area contributed by atoms with Crippen molar-refractivity contribution in [1.29, 1.82) is 0 Å². The van der Waals surface area contributed by atoms with Crippen molar-refractivity contribution in [1.82, 2.24) is 4.98 Å². The summed E-state index contributed by atoms with van der Waals surface area (Å²) in [5.74, 6) is 0.540. The Kier molecular flexibility index (Phi) is 3.35. The maximum Gasteiger partial charge on any atom is 0.186 e. The second-order valence-electron chi connectivity index (χ2n) is 5.08. The molecule has 0 aromatic carbocycles. The molecule has 1 unspecified atom stereocenters. The number of rotatable bonds is 4. The number of nitrogens with zero attached hydrogens (tertiary/aromatic N) is 2. The Morgan fingerprint density at radius 3 is 2.94 bits per heavy atom. The molecular formula is C13H18N2O2S. The van der Waals surface area contributed by atoms with Crippen molar-refractivity contribution < 1.29 is 9.53 Å². The zero-order valence-electron chi connectivity index (χ0n) is 10.6. The number of hydrogen-bond acceptors (Lipinski definition) is 5. The van der Waals surface area contributed by atoms with Crippen LogP contribution in [0.2, 0.25) is 0 Å². The Balaban J connectivity index is 1.80. The quantitative estimate of drug-likeness (QED) is 0.785. The molecule has 0 bridgehead atoms. The van der Waals surface area contributed by atoms with Gasteiger partial charge in [-0.1, -0.05) is 11.3 Å². The van der Waals surface area contributed by atoms with E-state index in [1.807, 2.05) is 0 Å². The Hall–Kier alpha value is -0.940. The van der Waals surface area contributed by atoms with Gasteiger partial charge in [0.2, 0.25) is 0 Å². The fourth-order valence-electron chi connectivity index (χ4n) is 2.50. The smallest absolute Gasteiger partial charge is 0.186 e. The first-order chi connectivity index (χ1) is 8.81. The summed E-state index contributed by atoms with van der Waals surface area (Å²) in [6.07, 6.45) is 5.88. The third-order valence-corrected chi connectivity index (χ3v) is 4.78. The maximum absolute atomic E-state index is 11.1. The van der Waals surface area contributed by atoms with E-state index in [9.17, 15) is 4.79 Å². The van der Waals surface area contributed by atoms with E-state index < -0.39 is 0 Å². The van der Waals surface area contributed by atoms with Gasteiger partial charge in [0.25, 0.3) is 0 Å². The molecule has 1 saturated carbocycles. The molecule has 5 heteroatoms. The number of methoxy groups -OCH3 is 1. The van der Waals surface area contributed by atoms with Crippen LogP contribution in [-0.2, 0) is 4.74 Å². The average Bonchev–Trinajstić information content (AvgIpc) is 3.18. The fourth-order valence-corrected chi connectivity index (χ4v) is 3.51. The van der Waals surface area contributed by atoms with E-state index in [-0.39, 0.29) is 0 Å². The van der Waals surface area contributed by atoms with Gasteiger partial charge < -0.3 is 9.64 Å². The van der Waals surface area contributed by atoms with Crippen molar-refractivity contribution in [2.75, 3.05) is 25.1 Å². The van der Waals surface area contributed by atoms with Crippen LogP contribution in [0.25, 0.3) is 0 Å². The third-order valence-electron chi connectivity index (χ3n) is 3.72. The number of ether oxygens (including phenoxy) is 1. The molecule has 3 rings (SSSR count). The second kappa shape index (κ2) is 4.97. The van der Waals surface area contributed by atoms with Crippen LogP contribution in [0, 0.1) is 0 Å². The Morgan fingerprint density at radius 1 is 1.44 bits per heavy atom. The van der Waals surface area contributed by atoms with Gasteiger partial charge in [-0.05, 0) is 25.7 Å². The highest BCUT2D eigenvalue weighted by atomic mass is 32.1. The number of carbonyl (C=O) groups excluding carboxylic acids is 1. The number of hydrogen-bond donors (Lipinski definition) is 0. The van der Waals surface area contributed by atoms with Gasteiger partial charge >= 0.3 is 0 Å². The highest BCUT2D eigenvalue weighted by molar-refractivity contribution is 7.17. The topological polar surface area (TPSA) is 42.4 Å². The molecule has 0 amide bonds. The summed E-state index contributed by atoms with van der Waals surface area (Å²) < 4.78 is 5.43. The van der Waals surface area contributed by atoms with Crippen LogP contribution < -0.4 is 4.90 Å². The van der Waals surface area contributed by atoms with Crippen LogP contribution in [0.5, 0.6) is 0 Å². The highest BCUT2D eigenvalue weighted by Gasteiger charge is 2.31. The van der Waals surface area contributed by atoms with E-state index in [4.69, 9.17) is 9.72 Å². The molecule has 1 saturated heterocycles. The maximum atomic E-state index is 11.1. The predicted octanol–water partition coefficient (Wildman–Crippen LogP) is 2.45. The molecule has 18 heavy (non-hydrogen) atoms. The zero-order chi connectivity index (χ0) is 12.5. The first kappa shape index (κ1) is 12.1. The average molecular weight is 266 g/mol. The second-order valence-corrected chi connectivity index (χ2v) is 6.09. The lowest BCUT2D eigenvalue weighted by Gasteiger charge is -2.31. The summed E-state index contributed by atoms with van der Waals surface area (Å²) in [7, 11) is 1.77. The van der Waals surface area contributed by atoms with Gasteiger partial charge in [0, 0.05) is 26.1 Å². The van der Waals surface area contributed by atoms with E-state index in [0.29, 0.717) is 12.0 Å². The Bertz CT molecular complexity index is 442. The van der Waals surface area contributed by atoms with Crippen LogP contribution in [0.4, 0.5) is 5.13 Å². The monoisotopic (exact) mass is 266 g/mol. The van der Waals surface area contributed by atoms with Crippen LogP contribution >= 0.6 is 11.3 Å². The predicted molar refractivity (Wildman–Crippen MR) is 71.7 cm³/mol. The molecule has 1 atom stereocenters. The van der Waals surface area contributed by atoms with Crippen molar-refractivity contribution in [3.63, 3.8) is 0 Å². The Morgan fingerprint density at radius 2 is 2.28 bits per heavy atom. The normalized spacial score (nSPS) is 24.3. The van der Waals surface area contributed by atoms with Crippen LogP contribution in [0.15, 0.2) is 0 Å². The van der Waals surface area contributed by atoms with Crippen molar-refractivity contribution >= 4 is 22.8 Å². The van der Waals surface area contributed by atoms with Gasteiger partial charge in [-0.15, -0.1) is 0 Å². The minimum absolute atomic E-state index is 0.298. The van der Waals surface area contributed by atoms with E-state index in [2.05, 4.69) is 4.90 Å². The molecule has 4 nitrogen and oxygen atoms in total. The molecule has 2 aliphatic rings. The standard InChI is InChI=1S/C13H18N2O2S/c1-17-10-3-2-6-15(7-10)13-14-12(9-4-5-9)11(8-16)18-13/h8-10H,2-7H2,1H3. The van der Waals surface area contributed by atoms with Gasteiger partial charge in [-0.3, -0.25) is 4.79 Å². The zero-order valence-corrected chi connectivity index (χ0v) is 11.4. The Labute approximate surface area is 111 Å². The number of piperidine rings is 1. The minimum Gasteiger partial charge on any atom is -0.380 e. The van der Waals surface area contributed by atoms with Crippen molar-refractivity contribution in [3.8, 4) is 0 Å². The summed E-state index contributed by atoms with van der Waals surface area (Å²) in [6.45, 7) is 1.92. The summed E-state index contributed by atoms with van der Waals surface area (Å²) in [6, 6.07) is 0. The van der Waals surface area contributed by atoms with E-state index in [1.54, 1.807) is 7.11 Å². The molecule has 0 radical (unpaired) electrons. The van der Waals surface area contributed by atoms with Crippen molar-refractivity contribution in [2.24, 2.45) is 0 Å². The lowest BCUT2D eigenvalue weighted by Crippen LogP contribution is -2.39. The minimum atomic E-state index is 0.298. The molecule has 1 aromatic rings. The third kappa shape index (κ3) is 2.29. The molecule has 2 fully saturated rings. The van der Waals surface area contributed by atoms with Gasteiger partial charge in [-0.25, -0.2) is 4.98 Å². The summed E-state index contributed by atoms with van der Waals surface area (Å²) in [4.78, 5) is 18.9. The lowest BCUT2D eigenvalue weighted by molar-refractivity contribution is 0.0893. The van der Waals surface area contributed by atoms with Crippen LogP contribution in [0.3, 0.4) is 0 Å². The molecule has 1 aliphatic heterocycles. The number of thiazole rings is 1. The summed E-state index contributed by atoms with van der Waals surface area (Å²) >= 11 is 1.54. The lowest BCUT2D eigenvalue weighted by atomic mass is 10.1. The largest absolute Gasteiger partial charge is 0.380 e.